The Kier molecular flexibility index (Phi) is 12.0. The van der Waals surface area contributed by atoms with Crippen LogP contribution in [0.25, 0.3) is 79.2 Å². The van der Waals surface area contributed by atoms with Gasteiger partial charge in [0.2, 0.25) is 0 Å². The van der Waals surface area contributed by atoms with Gasteiger partial charge in [-0.3, -0.25) is 9.80 Å². The SMILES string of the molecule is Cc1cccc(N(c2ccc3c(c2)C(C)(C)c2cc(/C=C/c4ccc5c(c4)C(C)(C)c4cc(/C=C/c6ccc7c(c6)C(C)(C)c6cc(N(c8cccc(C)c8)c8nccc9ccccc89)ccc6-7)ccc4-5)ccc2-3)c2nccc3ccccc23)c1. The van der Waals surface area contributed by atoms with E-state index in [1.807, 2.05) is 12.4 Å². The molecule has 12 aromatic rings. The van der Waals surface area contributed by atoms with Crippen molar-refractivity contribution in [2.45, 2.75) is 71.6 Å². The first-order valence-electron chi connectivity index (χ1n) is 29.8. The van der Waals surface area contributed by atoms with Crippen molar-refractivity contribution < 1.29 is 0 Å². The highest BCUT2D eigenvalue weighted by Gasteiger charge is 2.39. The van der Waals surface area contributed by atoms with Gasteiger partial charge in [-0.25, -0.2) is 9.97 Å². The maximum Gasteiger partial charge on any atom is 0.145 e. The quantitative estimate of drug-likeness (QED) is 0.128. The second-order valence-corrected chi connectivity index (χ2v) is 25.3. The van der Waals surface area contributed by atoms with Gasteiger partial charge in [-0.2, -0.15) is 0 Å². The lowest BCUT2D eigenvalue weighted by Crippen LogP contribution is -2.17. The van der Waals surface area contributed by atoms with Crippen molar-refractivity contribution in [3.8, 4) is 33.4 Å². The highest BCUT2D eigenvalue weighted by atomic mass is 15.2. The molecule has 0 radical (unpaired) electrons. The van der Waals surface area contributed by atoms with E-state index in [1.165, 1.54) is 111 Å². The zero-order valence-corrected chi connectivity index (χ0v) is 49.5. The van der Waals surface area contributed by atoms with Crippen molar-refractivity contribution in [3.63, 3.8) is 0 Å². The van der Waals surface area contributed by atoms with Crippen molar-refractivity contribution in [3.05, 3.63) is 298 Å². The van der Waals surface area contributed by atoms with E-state index in [9.17, 15) is 0 Å². The lowest BCUT2D eigenvalue weighted by Gasteiger charge is -2.28. The van der Waals surface area contributed by atoms with Gasteiger partial charge >= 0.3 is 0 Å². The molecule has 4 heteroatoms. The molecule has 0 bridgehead atoms. The van der Waals surface area contributed by atoms with Crippen LogP contribution < -0.4 is 9.80 Å². The maximum atomic E-state index is 5.02. The third kappa shape index (κ3) is 8.56. The number of pyridine rings is 2. The van der Waals surface area contributed by atoms with Crippen LogP contribution in [0.4, 0.5) is 34.4 Å². The minimum Gasteiger partial charge on any atom is -0.295 e. The molecule has 410 valence electrons. The molecule has 10 aromatic carbocycles. The minimum absolute atomic E-state index is 0.167. The number of benzene rings is 10. The first-order valence-corrected chi connectivity index (χ1v) is 29.8. The second-order valence-electron chi connectivity index (χ2n) is 25.3. The molecular weight excluding hydrogens is 1030 g/mol. The molecule has 0 saturated heterocycles. The van der Waals surface area contributed by atoms with Gasteiger partial charge < -0.3 is 0 Å². The average Bonchev–Trinajstić information content (AvgIpc) is 1.73. The predicted molar refractivity (Wildman–Crippen MR) is 359 cm³/mol. The van der Waals surface area contributed by atoms with Crippen LogP contribution in [0.1, 0.15) is 108 Å². The fraction of sp³-hybridized carbons (Fsp3) is 0.136. The lowest BCUT2D eigenvalue weighted by atomic mass is 9.81. The van der Waals surface area contributed by atoms with Gasteiger partial charge in [-0.15, -0.1) is 0 Å². The summed E-state index contributed by atoms with van der Waals surface area (Å²) in [6.07, 6.45) is 13.0. The Hall–Kier alpha value is -9.90. The predicted octanol–water partition coefficient (Wildman–Crippen LogP) is 21.6. The normalized spacial score (nSPS) is 14.5. The van der Waals surface area contributed by atoms with Crippen LogP contribution in [0.5, 0.6) is 0 Å². The van der Waals surface area contributed by atoms with E-state index < -0.39 is 0 Å². The van der Waals surface area contributed by atoms with E-state index in [0.717, 1.165) is 45.2 Å². The molecule has 15 rings (SSSR count). The summed E-state index contributed by atoms with van der Waals surface area (Å²) < 4.78 is 0. The first kappa shape index (κ1) is 51.9. The average molecular weight is 1100 g/mol. The standard InChI is InChI=1S/C81H66N4/c1-51-15-13-19-59(43-51)84(77-63-21-11-9-17-57(63)39-41-82-77)61-31-37-69-67-35-29-55(47-73(67)80(5,6)75(69)49-61)25-23-53-27-33-65-66-34-28-54(46-72(66)79(3,4)71(65)45-53)24-26-56-30-36-68-70-38-32-62(50-76(70)81(7,8)74(68)48-56)85(60-20-14-16-52(2)44-60)78-64-22-12-10-18-58(64)40-42-83-78/h9-50H,1-8H3/b25-23+,26-24+. The van der Waals surface area contributed by atoms with E-state index in [0.29, 0.717) is 0 Å². The van der Waals surface area contributed by atoms with Gasteiger partial charge in [-0.1, -0.05) is 224 Å². The number of fused-ring (bicyclic) bond motifs is 11. The summed E-state index contributed by atoms with van der Waals surface area (Å²) in [5.74, 6) is 1.86. The van der Waals surface area contributed by atoms with Crippen LogP contribution in [0.2, 0.25) is 0 Å². The molecular formula is C81H66N4. The Morgan fingerprint density at radius 2 is 0.600 bits per heavy atom. The molecule has 0 atom stereocenters. The molecule has 0 fully saturated rings. The summed E-state index contributed by atoms with van der Waals surface area (Å²) in [5, 5.41) is 4.59. The Bertz CT molecular complexity index is 4490. The third-order valence-electron chi connectivity index (χ3n) is 18.8. The number of rotatable bonds is 10. The Morgan fingerprint density at radius 1 is 0.294 bits per heavy atom. The molecule has 3 aliphatic carbocycles. The molecule has 0 N–H and O–H groups in total. The van der Waals surface area contributed by atoms with Crippen molar-refractivity contribution in [2.24, 2.45) is 0 Å². The highest BCUT2D eigenvalue weighted by molar-refractivity contribution is 5.99. The molecule has 4 nitrogen and oxygen atoms in total. The molecule has 0 aliphatic heterocycles. The summed E-state index contributed by atoms with van der Waals surface area (Å²) in [6, 6.07) is 80.8. The van der Waals surface area contributed by atoms with Gasteiger partial charge in [0.25, 0.3) is 0 Å². The van der Waals surface area contributed by atoms with Crippen LogP contribution in [0, 0.1) is 13.8 Å². The Morgan fingerprint density at radius 3 is 0.941 bits per heavy atom. The summed E-state index contributed by atoms with van der Waals surface area (Å²) in [5.41, 5.74) is 26.9. The largest absolute Gasteiger partial charge is 0.295 e. The fourth-order valence-corrected chi connectivity index (χ4v) is 14.2. The number of hydrogen-bond donors (Lipinski definition) is 0. The van der Waals surface area contributed by atoms with Crippen LogP contribution >= 0.6 is 0 Å². The van der Waals surface area contributed by atoms with E-state index in [4.69, 9.17) is 9.97 Å². The van der Waals surface area contributed by atoms with E-state index in [1.54, 1.807) is 0 Å². The van der Waals surface area contributed by atoms with Gasteiger partial charge in [0.1, 0.15) is 11.6 Å². The van der Waals surface area contributed by atoms with E-state index in [-0.39, 0.29) is 16.2 Å². The van der Waals surface area contributed by atoms with Gasteiger partial charge in [-0.05, 0) is 185 Å². The van der Waals surface area contributed by atoms with Crippen molar-refractivity contribution in [1.29, 1.82) is 0 Å². The highest BCUT2D eigenvalue weighted by Crippen LogP contribution is 2.54. The summed E-state index contributed by atoms with van der Waals surface area (Å²) >= 11 is 0. The Balaban J connectivity index is 0.673. The van der Waals surface area contributed by atoms with Gasteiger partial charge in [0, 0.05) is 62.2 Å². The molecule has 3 aliphatic rings. The first-order chi connectivity index (χ1) is 41.2. The van der Waals surface area contributed by atoms with Gasteiger partial charge in [0.05, 0.1) is 0 Å². The summed E-state index contributed by atoms with van der Waals surface area (Å²) in [7, 11) is 0. The number of anilines is 6. The molecule has 2 heterocycles. The van der Waals surface area contributed by atoms with Crippen molar-refractivity contribution in [1.82, 2.24) is 9.97 Å². The molecule has 2 aromatic heterocycles. The minimum atomic E-state index is -0.216. The van der Waals surface area contributed by atoms with Crippen molar-refractivity contribution >= 4 is 80.2 Å². The fourth-order valence-electron chi connectivity index (χ4n) is 14.2. The smallest absolute Gasteiger partial charge is 0.145 e. The summed E-state index contributed by atoms with van der Waals surface area (Å²) in [6.45, 7) is 18.6. The van der Waals surface area contributed by atoms with Crippen LogP contribution in [0.15, 0.2) is 231 Å². The zero-order chi connectivity index (χ0) is 57.9. The summed E-state index contributed by atoms with van der Waals surface area (Å²) in [4.78, 5) is 14.7. The number of aromatic nitrogens is 2. The lowest BCUT2D eigenvalue weighted by molar-refractivity contribution is 0.660. The topological polar surface area (TPSA) is 32.3 Å². The monoisotopic (exact) mass is 1090 g/mol. The molecule has 0 amide bonds. The molecule has 85 heavy (non-hydrogen) atoms. The Labute approximate surface area is 499 Å². The number of nitrogens with zero attached hydrogens (tertiary/aromatic N) is 4. The molecule has 0 unspecified atom stereocenters. The van der Waals surface area contributed by atoms with Gasteiger partial charge in [0.15, 0.2) is 0 Å². The molecule has 0 spiro atoms. The number of aryl methyl sites for hydroxylation is 2. The third-order valence-corrected chi connectivity index (χ3v) is 18.8. The second kappa shape index (κ2) is 19.6. The van der Waals surface area contributed by atoms with Crippen LogP contribution in [-0.4, -0.2) is 9.97 Å². The molecule has 0 saturated carbocycles. The van der Waals surface area contributed by atoms with E-state index in [2.05, 4.69) is 308 Å². The number of hydrogen-bond acceptors (Lipinski definition) is 4. The van der Waals surface area contributed by atoms with E-state index >= 15 is 0 Å². The van der Waals surface area contributed by atoms with Crippen LogP contribution in [-0.2, 0) is 16.2 Å². The van der Waals surface area contributed by atoms with Crippen molar-refractivity contribution in [2.75, 3.05) is 9.80 Å². The van der Waals surface area contributed by atoms with Crippen LogP contribution in [0.3, 0.4) is 0 Å². The zero-order valence-electron chi connectivity index (χ0n) is 49.5. The maximum absolute atomic E-state index is 5.02.